The largest absolute Gasteiger partial charge is 0.350 e. The van der Waals surface area contributed by atoms with Crippen LogP contribution in [0.3, 0.4) is 0 Å². The lowest BCUT2D eigenvalue weighted by molar-refractivity contribution is 0.0937. The van der Waals surface area contributed by atoms with Gasteiger partial charge >= 0.3 is 0 Å². The minimum absolute atomic E-state index is 0.197. The van der Waals surface area contributed by atoms with E-state index in [0.29, 0.717) is 5.92 Å². The summed E-state index contributed by atoms with van der Waals surface area (Å²) < 4.78 is 0. The van der Waals surface area contributed by atoms with Crippen LogP contribution >= 0.6 is 0 Å². The van der Waals surface area contributed by atoms with Gasteiger partial charge in [0.1, 0.15) is 5.69 Å². The van der Waals surface area contributed by atoms with Crippen LogP contribution in [0.25, 0.3) is 0 Å². The fourth-order valence-electron chi connectivity index (χ4n) is 3.72. The molecule has 0 aliphatic heterocycles. The summed E-state index contributed by atoms with van der Waals surface area (Å²) in [6, 6.07) is 0. The van der Waals surface area contributed by atoms with Crippen LogP contribution in [0.1, 0.15) is 42.6 Å². The van der Waals surface area contributed by atoms with Gasteiger partial charge in [-0.1, -0.05) is 12.8 Å². The number of carbonyl (C=O) groups excluding carboxylic acids is 1. The molecule has 1 amide bonds. The minimum atomic E-state index is -0.291. The molecule has 3 rings (SSSR count). The van der Waals surface area contributed by atoms with E-state index in [0.717, 1.165) is 24.6 Å². The Morgan fingerprint density at radius 2 is 2.26 bits per heavy atom. The molecule has 3 atom stereocenters. The molecule has 2 saturated carbocycles. The Hall–Kier alpha value is -1.65. The number of hydrogen-bond donors (Lipinski definition) is 2. The molecule has 19 heavy (non-hydrogen) atoms. The first-order valence-corrected chi connectivity index (χ1v) is 7.07. The molecule has 0 unspecified atom stereocenters. The average molecular weight is 261 g/mol. The Kier molecular flexibility index (Phi) is 3.36. The fourth-order valence-corrected chi connectivity index (χ4v) is 3.72. The second-order valence-electron chi connectivity index (χ2n) is 5.70. The molecule has 1 heterocycles. The van der Waals surface area contributed by atoms with E-state index in [9.17, 15) is 9.59 Å². The number of hydrogen-bond acceptors (Lipinski definition) is 3. The van der Waals surface area contributed by atoms with E-state index in [1.54, 1.807) is 0 Å². The van der Waals surface area contributed by atoms with Crippen molar-refractivity contribution in [1.82, 2.24) is 15.3 Å². The standard InChI is InChI=1S/C14H19N3O2/c18-13-8-15-12(7-16-13)14(19)17-6-10-5-4-9-2-1-3-11(9)10/h7-11H,1-6H2,(H,16,18)(H,17,19)/t9-,10+,11-/m0/s1. The number of amides is 1. The van der Waals surface area contributed by atoms with E-state index >= 15 is 0 Å². The highest BCUT2D eigenvalue weighted by Gasteiger charge is 2.38. The van der Waals surface area contributed by atoms with Gasteiger partial charge in [0.15, 0.2) is 0 Å². The van der Waals surface area contributed by atoms with Crippen molar-refractivity contribution in [1.29, 1.82) is 0 Å². The quantitative estimate of drug-likeness (QED) is 0.862. The third kappa shape index (κ3) is 2.55. The molecule has 102 valence electrons. The smallest absolute Gasteiger partial charge is 0.271 e. The van der Waals surface area contributed by atoms with Gasteiger partial charge in [0.2, 0.25) is 0 Å². The summed E-state index contributed by atoms with van der Waals surface area (Å²) in [5.74, 6) is 2.13. The average Bonchev–Trinajstić information content (AvgIpc) is 3.00. The highest BCUT2D eigenvalue weighted by atomic mass is 16.2. The van der Waals surface area contributed by atoms with Crippen molar-refractivity contribution in [2.45, 2.75) is 32.1 Å². The van der Waals surface area contributed by atoms with Gasteiger partial charge < -0.3 is 10.3 Å². The second-order valence-corrected chi connectivity index (χ2v) is 5.70. The van der Waals surface area contributed by atoms with Crippen LogP contribution < -0.4 is 10.9 Å². The van der Waals surface area contributed by atoms with Gasteiger partial charge in [-0.05, 0) is 37.0 Å². The zero-order valence-corrected chi connectivity index (χ0v) is 10.9. The number of aromatic amines is 1. The molecule has 0 spiro atoms. The molecule has 5 heteroatoms. The summed E-state index contributed by atoms with van der Waals surface area (Å²) >= 11 is 0. The molecule has 1 aromatic rings. The van der Waals surface area contributed by atoms with Gasteiger partial charge in [-0.3, -0.25) is 9.59 Å². The summed E-state index contributed by atoms with van der Waals surface area (Å²) in [6.45, 7) is 0.737. The molecule has 5 nitrogen and oxygen atoms in total. The van der Waals surface area contributed by atoms with Crippen molar-refractivity contribution in [3.63, 3.8) is 0 Å². The normalized spacial score (nSPS) is 29.2. The Labute approximate surface area is 111 Å². The Morgan fingerprint density at radius 1 is 1.37 bits per heavy atom. The van der Waals surface area contributed by atoms with Gasteiger partial charge in [0.25, 0.3) is 11.5 Å². The maximum atomic E-state index is 11.9. The number of nitrogens with one attached hydrogen (secondary N) is 2. The Morgan fingerprint density at radius 3 is 3.05 bits per heavy atom. The van der Waals surface area contributed by atoms with Crippen LogP contribution in [0, 0.1) is 17.8 Å². The van der Waals surface area contributed by atoms with Crippen LogP contribution in [0.4, 0.5) is 0 Å². The first-order valence-electron chi connectivity index (χ1n) is 7.07. The van der Waals surface area contributed by atoms with Gasteiger partial charge in [-0.25, -0.2) is 4.98 Å². The maximum Gasteiger partial charge on any atom is 0.271 e. The Bertz CT molecular complexity index is 505. The summed E-state index contributed by atoms with van der Waals surface area (Å²) in [5, 5.41) is 2.95. The number of nitrogens with zero attached hydrogens (tertiary/aromatic N) is 1. The predicted octanol–water partition coefficient (Wildman–Crippen LogP) is 1.33. The third-order valence-corrected chi connectivity index (χ3v) is 4.66. The number of carbonyl (C=O) groups is 1. The van der Waals surface area contributed by atoms with Crippen molar-refractivity contribution >= 4 is 5.91 Å². The van der Waals surface area contributed by atoms with E-state index in [1.807, 2.05) is 0 Å². The summed E-state index contributed by atoms with van der Waals surface area (Å²) in [6.07, 6.45) is 9.10. The summed E-state index contributed by atoms with van der Waals surface area (Å²) in [5.41, 5.74) is -0.0123. The number of rotatable bonds is 3. The predicted molar refractivity (Wildman–Crippen MR) is 70.7 cm³/mol. The van der Waals surface area contributed by atoms with E-state index in [-0.39, 0.29) is 17.2 Å². The van der Waals surface area contributed by atoms with Gasteiger partial charge in [0, 0.05) is 12.7 Å². The molecule has 2 aliphatic rings. The summed E-state index contributed by atoms with van der Waals surface area (Å²) in [7, 11) is 0. The van der Waals surface area contributed by atoms with Crippen LogP contribution in [-0.2, 0) is 0 Å². The monoisotopic (exact) mass is 261 g/mol. The van der Waals surface area contributed by atoms with Crippen LogP contribution in [0.5, 0.6) is 0 Å². The minimum Gasteiger partial charge on any atom is -0.350 e. The van der Waals surface area contributed by atoms with Crippen molar-refractivity contribution in [2.24, 2.45) is 17.8 Å². The van der Waals surface area contributed by atoms with E-state index in [1.165, 1.54) is 38.3 Å². The van der Waals surface area contributed by atoms with Crippen LogP contribution in [0.2, 0.25) is 0 Å². The lowest BCUT2D eigenvalue weighted by Gasteiger charge is -2.18. The fraction of sp³-hybridized carbons (Fsp3) is 0.643. The highest BCUT2D eigenvalue weighted by molar-refractivity contribution is 5.91. The first kappa shape index (κ1) is 12.4. The van der Waals surface area contributed by atoms with E-state index in [2.05, 4.69) is 15.3 Å². The summed E-state index contributed by atoms with van der Waals surface area (Å²) in [4.78, 5) is 29.1. The molecular formula is C14H19N3O2. The molecule has 2 aliphatic carbocycles. The van der Waals surface area contributed by atoms with Crippen molar-refractivity contribution in [2.75, 3.05) is 6.54 Å². The lowest BCUT2D eigenvalue weighted by atomic mass is 9.92. The van der Waals surface area contributed by atoms with Gasteiger partial charge in [-0.2, -0.15) is 0 Å². The van der Waals surface area contributed by atoms with E-state index < -0.39 is 0 Å². The van der Waals surface area contributed by atoms with Crippen molar-refractivity contribution in [3.8, 4) is 0 Å². The molecule has 2 N–H and O–H groups in total. The van der Waals surface area contributed by atoms with Gasteiger partial charge in [-0.15, -0.1) is 0 Å². The van der Waals surface area contributed by atoms with Gasteiger partial charge in [0.05, 0.1) is 6.20 Å². The van der Waals surface area contributed by atoms with E-state index in [4.69, 9.17) is 0 Å². The molecule has 2 fully saturated rings. The van der Waals surface area contributed by atoms with Crippen molar-refractivity contribution < 1.29 is 4.79 Å². The molecule has 0 bridgehead atoms. The molecular weight excluding hydrogens is 242 g/mol. The molecule has 0 aromatic carbocycles. The van der Waals surface area contributed by atoms with Crippen LogP contribution in [-0.4, -0.2) is 22.4 Å². The second kappa shape index (κ2) is 5.15. The SMILES string of the molecule is O=C(NC[C@H]1CC[C@@H]2CCC[C@@H]21)c1c[nH]c(=O)cn1. The topological polar surface area (TPSA) is 74.8 Å². The molecule has 1 aromatic heterocycles. The molecule has 0 saturated heterocycles. The van der Waals surface area contributed by atoms with Crippen LogP contribution in [0.15, 0.2) is 17.2 Å². The number of aromatic nitrogens is 2. The molecule has 0 radical (unpaired) electrons. The van der Waals surface area contributed by atoms with Crippen molar-refractivity contribution in [3.05, 3.63) is 28.4 Å². The number of H-pyrrole nitrogens is 1. The number of fused-ring (bicyclic) bond motifs is 1. The lowest BCUT2D eigenvalue weighted by Crippen LogP contribution is -2.32. The Balaban J connectivity index is 1.56. The zero-order chi connectivity index (χ0) is 13.2. The highest BCUT2D eigenvalue weighted by Crippen LogP contribution is 2.47. The zero-order valence-electron chi connectivity index (χ0n) is 10.9. The maximum absolute atomic E-state index is 11.9. The third-order valence-electron chi connectivity index (χ3n) is 4.66. The first-order chi connectivity index (χ1) is 9.24.